The monoisotopic (exact) mass is 144 g/mol. The maximum absolute atomic E-state index is 5.45. The highest BCUT2D eigenvalue weighted by Crippen LogP contribution is 2.26. The van der Waals surface area contributed by atoms with E-state index in [2.05, 4.69) is 13.8 Å². The lowest BCUT2D eigenvalue weighted by Gasteiger charge is -2.15. The SMILES string of the molecule is COCC1C(C)COC1C. The molecule has 1 rings (SSSR count). The molecule has 1 aliphatic heterocycles. The van der Waals surface area contributed by atoms with Gasteiger partial charge in [0.2, 0.25) is 0 Å². The highest BCUT2D eigenvalue weighted by atomic mass is 16.5. The largest absolute Gasteiger partial charge is 0.384 e. The summed E-state index contributed by atoms with van der Waals surface area (Å²) >= 11 is 0. The van der Waals surface area contributed by atoms with Gasteiger partial charge in [-0.3, -0.25) is 0 Å². The van der Waals surface area contributed by atoms with Crippen LogP contribution in [0.15, 0.2) is 0 Å². The average molecular weight is 144 g/mol. The van der Waals surface area contributed by atoms with E-state index in [4.69, 9.17) is 9.47 Å². The quantitative estimate of drug-likeness (QED) is 0.581. The second kappa shape index (κ2) is 3.35. The molecule has 0 spiro atoms. The van der Waals surface area contributed by atoms with E-state index >= 15 is 0 Å². The molecule has 1 heterocycles. The first-order valence-electron chi connectivity index (χ1n) is 3.86. The Balaban J connectivity index is 2.38. The van der Waals surface area contributed by atoms with Crippen molar-refractivity contribution in [3.8, 4) is 0 Å². The molecule has 2 nitrogen and oxygen atoms in total. The second-order valence-corrected chi connectivity index (χ2v) is 3.13. The zero-order valence-electron chi connectivity index (χ0n) is 6.96. The fraction of sp³-hybridized carbons (Fsp3) is 1.00. The summed E-state index contributed by atoms with van der Waals surface area (Å²) in [6.45, 7) is 6.07. The van der Waals surface area contributed by atoms with E-state index in [0.717, 1.165) is 13.2 Å². The summed E-state index contributed by atoms with van der Waals surface area (Å²) < 4.78 is 10.5. The summed E-state index contributed by atoms with van der Waals surface area (Å²) in [5, 5.41) is 0. The molecule has 0 aromatic rings. The molecule has 0 saturated carbocycles. The van der Waals surface area contributed by atoms with Gasteiger partial charge in [-0.2, -0.15) is 0 Å². The first-order valence-corrected chi connectivity index (χ1v) is 3.86. The fourth-order valence-corrected chi connectivity index (χ4v) is 1.51. The summed E-state index contributed by atoms with van der Waals surface area (Å²) in [7, 11) is 1.75. The van der Waals surface area contributed by atoms with Gasteiger partial charge in [0.05, 0.1) is 12.7 Å². The maximum Gasteiger partial charge on any atom is 0.0600 e. The molecular weight excluding hydrogens is 128 g/mol. The highest BCUT2D eigenvalue weighted by molar-refractivity contribution is 4.77. The van der Waals surface area contributed by atoms with E-state index < -0.39 is 0 Å². The lowest BCUT2D eigenvalue weighted by atomic mass is 9.94. The van der Waals surface area contributed by atoms with Crippen LogP contribution in [0, 0.1) is 11.8 Å². The van der Waals surface area contributed by atoms with Crippen LogP contribution in [-0.2, 0) is 9.47 Å². The summed E-state index contributed by atoms with van der Waals surface area (Å²) in [4.78, 5) is 0. The van der Waals surface area contributed by atoms with Gasteiger partial charge in [0.15, 0.2) is 0 Å². The molecule has 0 aromatic heterocycles. The van der Waals surface area contributed by atoms with Crippen LogP contribution in [0.3, 0.4) is 0 Å². The van der Waals surface area contributed by atoms with Gasteiger partial charge >= 0.3 is 0 Å². The number of rotatable bonds is 2. The van der Waals surface area contributed by atoms with Crippen molar-refractivity contribution in [2.75, 3.05) is 20.3 Å². The maximum atomic E-state index is 5.45. The van der Waals surface area contributed by atoms with Crippen molar-refractivity contribution in [2.45, 2.75) is 20.0 Å². The van der Waals surface area contributed by atoms with Crippen molar-refractivity contribution in [2.24, 2.45) is 11.8 Å². The van der Waals surface area contributed by atoms with E-state index in [9.17, 15) is 0 Å². The first-order chi connectivity index (χ1) is 4.75. The first kappa shape index (κ1) is 8.02. The summed E-state index contributed by atoms with van der Waals surface area (Å²) in [5.41, 5.74) is 0. The zero-order valence-corrected chi connectivity index (χ0v) is 6.96. The predicted octanol–water partition coefficient (Wildman–Crippen LogP) is 1.30. The summed E-state index contributed by atoms with van der Waals surface area (Å²) in [6, 6.07) is 0. The van der Waals surface area contributed by atoms with Crippen LogP contribution in [0.1, 0.15) is 13.8 Å². The third-order valence-corrected chi connectivity index (χ3v) is 2.31. The molecule has 0 bridgehead atoms. The van der Waals surface area contributed by atoms with Crippen LogP contribution in [0.25, 0.3) is 0 Å². The van der Waals surface area contributed by atoms with Crippen molar-refractivity contribution in [3.63, 3.8) is 0 Å². The van der Waals surface area contributed by atoms with Gasteiger partial charge in [-0.15, -0.1) is 0 Å². The van der Waals surface area contributed by atoms with E-state index in [-0.39, 0.29) is 0 Å². The molecule has 0 radical (unpaired) electrons. The van der Waals surface area contributed by atoms with Crippen LogP contribution < -0.4 is 0 Å². The Labute approximate surface area is 62.5 Å². The predicted molar refractivity (Wildman–Crippen MR) is 39.9 cm³/mol. The smallest absolute Gasteiger partial charge is 0.0600 e. The van der Waals surface area contributed by atoms with Crippen LogP contribution >= 0.6 is 0 Å². The van der Waals surface area contributed by atoms with Crippen LogP contribution in [-0.4, -0.2) is 26.4 Å². The van der Waals surface area contributed by atoms with Gasteiger partial charge in [0, 0.05) is 19.6 Å². The Morgan fingerprint density at radius 2 is 2.20 bits per heavy atom. The van der Waals surface area contributed by atoms with Gasteiger partial charge in [-0.25, -0.2) is 0 Å². The molecule has 0 aliphatic carbocycles. The Morgan fingerprint density at radius 1 is 1.50 bits per heavy atom. The van der Waals surface area contributed by atoms with E-state index in [1.54, 1.807) is 7.11 Å². The van der Waals surface area contributed by atoms with Gasteiger partial charge in [0.1, 0.15) is 0 Å². The Bertz CT molecular complexity index is 93.4. The van der Waals surface area contributed by atoms with Crippen LogP contribution in [0.2, 0.25) is 0 Å². The Kier molecular flexibility index (Phi) is 2.69. The molecule has 10 heavy (non-hydrogen) atoms. The molecule has 3 atom stereocenters. The van der Waals surface area contributed by atoms with Crippen molar-refractivity contribution in [1.29, 1.82) is 0 Å². The van der Waals surface area contributed by atoms with Crippen molar-refractivity contribution >= 4 is 0 Å². The molecule has 0 N–H and O–H groups in total. The fourth-order valence-electron chi connectivity index (χ4n) is 1.51. The van der Waals surface area contributed by atoms with E-state index in [0.29, 0.717) is 17.9 Å². The van der Waals surface area contributed by atoms with E-state index in [1.165, 1.54) is 0 Å². The van der Waals surface area contributed by atoms with Crippen LogP contribution in [0.5, 0.6) is 0 Å². The van der Waals surface area contributed by atoms with Crippen LogP contribution in [0.4, 0.5) is 0 Å². The molecule has 0 amide bonds. The normalized spacial score (nSPS) is 40.5. The number of hydrogen-bond donors (Lipinski definition) is 0. The number of hydrogen-bond acceptors (Lipinski definition) is 2. The number of ether oxygens (including phenoxy) is 2. The van der Waals surface area contributed by atoms with Gasteiger partial charge in [-0.1, -0.05) is 6.92 Å². The lowest BCUT2D eigenvalue weighted by Crippen LogP contribution is -2.21. The summed E-state index contributed by atoms with van der Waals surface area (Å²) in [6.07, 6.45) is 0.384. The summed E-state index contributed by atoms with van der Waals surface area (Å²) in [5.74, 6) is 1.26. The molecular formula is C8H16O2. The standard InChI is InChI=1S/C8H16O2/c1-6-4-10-7(2)8(6)5-9-3/h6-8H,4-5H2,1-3H3. The molecule has 1 fully saturated rings. The molecule has 1 saturated heterocycles. The number of methoxy groups -OCH3 is 1. The Hall–Kier alpha value is -0.0800. The molecule has 3 unspecified atom stereocenters. The average Bonchev–Trinajstić information content (AvgIpc) is 2.20. The third-order valence-electron chi connectivity index (χ3n) is 2.31. The second-order valence-electron chi connectivity index (χ2n) is 3.13. The Morgan fingerprint density at radius 3 is 2.60 bits per heavy atom. The lowest BCUT2D eigenvalue weighted by molar-refractivity contribution is 0.0711. The highest BCUT2D eigenvalue weighted by Gasteiger charge is 2.30. The molecule has 60 valence electrons. The van der Waals surface area contributed by atoms with Gasteiger partial charge < -0.3 is 9.47 Å². The van der Waals surface area contributed by atoms with E-state index in [1.807, 2.05) is 0 Å². The molecule has 0 aromatic carbocycles. The third kappa shape index (κ3) is 1.50. The van der Waals surface area contributed by atoms with Crippen molar-refractivity contribution in [1.82, 2.24) is 0 Å². The van der Waals surface area contributed by atoms with Crippen molar-refractivity contribution < 1.29 is 9.47 Å². The minimum atomic E-state index is 0.384. The minimum Gasteiger partial charge on any atom is -0.384 e. The zero-order chi connectivity index (χ0) is 7.56. The molecule has 1 aliphatic rings. The van der Waals surface area contributed by atoms with Crippen molar-refractivity contribution in [3.05, 3.63) is 0 Å². The topological polar surface area (TPSA) is 18.5 Å². The molecule has 2 heteroatoms. The van der Waals surface area contributed by atoms with Gasteiger partial charge in [0.25, 0.3) is 0 Å². The minimum absolute atomic E-state index is 0.384. The van der Waals surface area contributed by atoms with Gasteiger partial charge in [-0.05, 0) is 12.8 Å².